The molecule has 1 atom stereocenters. The fourth-order valence-corrected chi connectivity index (χ4v) is 2.11. The number of nitrogens with two attached hydrogens (primary N) is 1. The molecule has 0 spiro atoms. The zero-order chi connectivity index (χ0) is 11.4. The molecule has 1 aromatic heterocycles. The first kappa shape index (κ1) is 11.6. The summed E-state index contributed by atoms with van der Waals surface area (Å²) in [6.07, 6.45) is 5.14. The number of hydrogen-bond donors (Lipinski definition) is 2. The number of aromatic amines is 1. The molecule has 1 aliphatic rings. The van der Waals surface area contributed by atoms with E-state index < -0.39 is 0 Å². The van der Waals surface area contributed by atoms with Crippen LogP contribution in [0.15, 0.2) is 6.20 Å². The van der Waals surface area contributed by atoms with E-state index in [1.54, 1.807) is 0 Å². The average Bonchev–Trinajstić information content (AvgIpc) is 2.78. The van der Waals surface area contributed by atoms with Crippen LogP contribution in [0.25, 0.3) is 0 Å². The van der Waals surface area contributed by atoms with Crippen LogP contribution in [-0.4, -0.2) is 29.7 Å². The smallest absolute Gasteiger partial charge is 0.106 e. The lowest BCUT2D eigenvalue weighted by molar-refractivity contribution is 0.0845. The van der Waals surface area contributed by atoms with Gasteiger partial charge in [-0.05, 0) is 25.3 Å². The fourth-order valence-electron chi connectivity index (χ4n) is 2.11. The number of imidazole rings is 1. The Bertz CT molecular complexity index is 318. The molecule has 0 amide bonds. The van der Waals surface area contributed by atoms with Gasteiger partial charge in [0.15, 0.2) is 0 Å². The standard InChI is InChI=1S/C12H21N3O/c1-9(7-13)6-12-14-8-11(15-12)10-2-4-16-5-3-10/h8-10H,2-7,13H2,1H3,(H,14,15). The number of rotatable bonds is 4. The second-order valence-corrected chi connectivity index (χ2v) is 4.72. The molecule has 2 heterocycles. The summed E-state index contributed by atoms with van der Waals surface area (Å²) in [6, 6.07) is 0. The number of aromatic nitrogens is 2. The van der Waals surface area contributed by atoms with Crippen molar-refractivity contribution in [1.29, 1.82) is 0 Å². The molecule has 0 aliphatic carbocycles. The minimum absolute atomic E-state index is 0.494. The van der Waals surface area contributed by atoms with E-state index in [-0.39, 0.29) is 0 Å². The number of nitrogens with one attached hydrogen (secondary N) is 1. The molecule has 4 nitrogen and oxygen atoms in total. The first-order chi connectivity index (χ1) is 7.79. The molecule has 4 heteroatoms. The Balaban J connectivity index is 1.95. The number of H-pyrrole nitrogens is 1. The Morgan fingerprint density at radius 2 is 2.31 bits per heavy atom. The van der Waals surface area contributed by atoms with Crippen molar-refractivity contribution in [3.63, 3.8) is 0 Å². The predicted molar refractivity (Wildman–Crippen MR) is 63.3 cm³/mol. The van der Waals surface area contributed by atoms with E-state index in [9.17, 15) is 0 Å². The van der Waals surface area contributed by atoms with E-state index in [0.717, 1.165) is 38.3 Å². The number of ether oxygens (including phenoxy) is 1. The normalized spacial score (nSPS) is 19.9. The first-order valence-corrected chi connectivity index (χ1v) is 6.11. The summed E-state index contributed by atoms with van der Waals surface area (Å²) in [4.78, 5) is 7.85. The largest absolute Gasteiger partial charge is 0.381 e. The highest BCUT2D eigenvalue weighted by Gasteiger charge is 2.18. The van der Waals surface area contributed by atoms with E-state index >= 15 is 0 Å². The molecule has 0 saturated carbocycles. The second-order valence-electron chi connectivity index (χ2n) is 4.72. The molecule has 90 valence electrons. The average molecular weight is 223 g/mol. The van der Waals surface area contributed by atoms with Gasteiger partial charge in [0.25, 0.3) is 0 Å². The van der Waals surface area contributed by atoms with E-state index in [0.29, 0.717) is 18.4 Å². The van der Waals surface area contributed by atoms with Gasteiger partial charge in [-0.15, -0.1) is 0 Å². The lowest BCUT2D eigenvalue weighted by Crippen LogP contribution is -2.15. The SMILES string of the molecule is CC(CN)Cc1ncc(C2CCOCC2)[nH]1. The predicted octanol–water partition coefficient (Wildman–Crippen LogP) is 1.44. The van der Waals surface area contributed by atoms with Gasteiger partial charge < -0.3 is 15.5 Å². The van der Waals surface area contributed by atoms with Crippen molar-refractivity contribution in [3.05, 3.63) is 17.7 Å². The summed E-state index contributed by atoms with van der Waals surface area (Å²) in [6.45, 7) is 4.61. The van der Waals surface area contributed by atoms with Gasteiger partial charge >= 0.3 is 0 Å². The molecule has 3 N–H and O–H groups in total. The van der Waals surface area contributed by atoms with Crippen molar-refractivity contribution in [2.75, 3.05) is 19.8 Å². The summed E-state index contributed by atoms with van der Waals surface area (Å²) in [7, 11) is 0. The number of nitrogens with zero attached hydrogens (tertiary/aromatic N) is 1. The maximum absolute atomic E-state index is 5.61. The summed E-state index contributed by atoms with van der Waals surface area (Å²) in [5, 5.41) is 0. The van der Waals surface area contributed by atoms with Gasteiger partial charge in [0, 0.05) is 37.4 Å². The van der Waals surface area contributed by atoms with Crippen molar-refractivity contribution in [2.45, 2.75) is 32.1 Å². The van der Waals surface area contributed by atoms with Crippen LogP contribution in [0.4, 0.5) is 0 Å². The van der Waals surface area contributed by atoms with Crippen molar-refractivity contribution in [1.82, 2.24) is 9.97 Å². The van der Waals surface area contributed by atoms with Crippen molar-refractivity contribution in [3.8, 4) is 0 Å². The van der Waals surface area contributed by atoms with Crippen LogP contribution >= 0.6 is 0 Å². The fraction of sp³-hybridized carbons (Fsp3) is 0.750. The van der Waals surface area contributed by atoms with Crippen molar-refractivity contribution in [2.24, 2.45) is 11.7 Å². The zero-order valence-corrected chi connectivity index (χ0v) is 9.91. The highest BCUT2D eigenvalue weighted by Crippen LogP contribution is 2.25. The molecule has 1 fully saturated rings. The van der Waals surface area contributed by atoms with E-state index in [1.807, 2.05) is 6.20 Å². The highest BCUT2D eigenvalue weighted by atomic mass is 16.5. The van der Waals surface area contributed by atoms with E-state index in [2.05, 4.69) is 16.9 Å². The molecule has 1 saturated heterocycles. The summed E-state index contributed by atoms with van der Waals surface area (Å²) < 4.78 is 5.36. The van der Waals surface area contributed by atoms with E-state index in [1.165, 1.54) is 5.69 Å². The van der Waals surface area contributed by atoms with Gasteiger partial charge in [-0.2, -0.15) is 0 Å². The first-order valence-electron chi connectivity index (χ1n) is 6.11. The van der Waals surface area contributed by atoms with Gasteiger partial charge in [0.2, 0.25) is 0 Å². The molecule has 16 heavy (non-hydrogen) atoms. The van der Waals surface area contributed by atoms with Crippen LogP contribution in [0.5, 0.6) is 0 Å². The molecule has 2 rings (SSSR count). The zero-order valence-electron chi connectivity index (χ0n) is 9.91. The molecular formula is C12H21N3O. The third kappa shape index (κ3) is 2.83. The van der Waals surface area contributed by atoms with Crippen LogP contribution in [-0.2, 0) is 11.2 Å². The van der Waals surface area contributed by atoms with Crippen LogP contribution < -0.4 is 5.73 Å². The van der Waals surface area contributed by atoms with Crippen LogP contribution in [0, 0.1) is 5.92 Å². The van der Waals surface area contributed by atoms with Crippen molar-refractivity contribution >= 4 is 0 Å². The monoisotopic (exact) mass is 223 g/mol. The molecule has 0 bridgehead atoms. The molecule has 1 aromatic rings. The van der Waals surface area contributed by atoms with E-state index in [4.69, 9.17) is 10.5 Å². The molecular weight excluding hydrogens is 202 g/mol. The summed E-state index contributed by atoms with van der Waals surface area (Å²) in [5.41, 5.74) is 6.88. The number of hydrogen-bond acceptors (Lipinski definition) is 3. The second kappa shape index (κ2) is 5.46. The molecule has 0 aromatic carbocycles. The quantitative estimate of drug-likeness (QED) is 0.812. The topological polar surface area (TPSA) is 63.9 Å². The summed E-state index contributed by atoms with van der Waals surface area (Å²) >= 11 is 0. The Kier molecular flexibility index (Phi) is 3.96. The van der Waals surface area contributed by atoms with Crippen LogP contribution in [0.3, 0.4) is 0 Å². The van der Waals surface area contributed by atoms with Crippen LogP contribution in [0.1, 0.15) is 37.2 Å². The maximum Gasteiger partial charge on any atom is 0.106 e. The lowest BCUT2D eigenvalue weighted by atomic mass is 9.97. The lowest BCUT2D eigenvalue weighted by Gasteiger charge is -2.20. The maximum atomic E-state index is 5.61. The Morgan fingerprint density at radius 1 is 1.56 bits per heavy atom. The Labute approximate surface area is 96.6 Å². The van der Waals surface area contributed by atoms with Gasteiger partial charge in [-0.3, -0.25) is 0 Å². The van der Waals surface area contributed by atoms with Gasteiger partial charge in [-0.25, -0.2) is 4.98 Å². The molecule has 1 aliphatic heterocycles. The molecule has 1 unspecified atom stereocenters. The third-order valence-corrected chi connectivity index (χ3v) is 3.25. The highest BCUT2D eigenvalue weighted by molar-refractivity contribution is 5.08. The van der Waals surface area contributed by atoms with Crippen LogP contribution in [0.2, 0.25) is 0 Å². The van der Waals surface area contributed by atoms with Gasteiger partial charge in [0.05, 0.1) is 0 Å². The minimum Gasteiger partial charge on any atom is -0.381 e. The van der Waals surface area contributed by atoms with Gasteiger partial charge in [0.1, 0.15) is 5.82 Å². The Hall–Kier alpha value is -0.870. The summed E-state index contributed by atoms with van der Waals surface area (Å²) in [5.74, 6) is 2.16. The van der Waals surface area contributed by atoms with Crippen molar-refractivity contribution < 1.29 is 4.74 Å². The minimum atomic E-state index is 0.494. The molecule has 0 radical (unpaired) electrons. The van der Waals surface area contributed by atoms with Gasteiger partial charge in [-0.1, -0.05) is 6.92 Å². The Morgan fingerprint density at radius 3 is 3.00 bits per heavy atom. The third-order valence-electron chi connectivity index (χ3n) is 3.25.